The summed E-state index contributed by atoms with van der Waals surface area (Å²) in [5.74, 6) is 0. The van der Waals surface area contributed by atoms with Gasteiger partial charge in [0.1, 0.15) is 0 Å². The average molecular weight is 205 g/mol. The molecule has 0 unspecified atom stereocenters. The zero-order valence-electron chi connectivity index (χ0n) is 7.95. The predicted octanol–water partition coefficient (Wildman–Crippen LogP) is 3.30. The van der Waals surface area contributed by atoms with Gasteiger partial charge in [-0.1, -0.05) is 24.3 Å². The monoisotopic (exact) mass is 205 g/mol. The summed E-state index contributed by atoms with van der Waals surface area (Å²) in [6, 6.07) is 9.59. The molecule has 0 saturated carbocycles. The van der Waals surface area contributed by atoms with Crippen molar-refractivity contribution in [3.8, 4) is 0 Å². The lowest BCUT2D eigenvalue weighted by Crippen LogP contribution is -1.96. The maximum absolute atomic E-state index is 12.7. The van der Waals surface area contributed by atoms with Crippen LogP contribution in [0.15, 0.2) is 36.4 Å². The van der Waals surface area contributed by atoms with Crippen molar-refractivity contribution in [3.05, 3.63) is 42.1 Å². The van der Waals surface area contributed by atoms with Crippen molar-refractivity contribution in [2.75, 3.05) is 0 Å². The van der Waals surface area contributed by atoms with Crippen LogP contribution in [-0.2, 0) is 6.54 Å². The van der Waals surface area contributed by atoms with Crippen LogP contribution in [0.1, 0.15) is 5.69 Å². The molecular weight excluding hydrogens is 196 g/mol. The van der Waals surface area contributed by atoms with Gasteiger partial charge in [0.05, 0.1) is 5.69 Å². The van der Waals surface area contributed by atoms with Gasteiger partial charge in [-0.15, -0.1) is 0 Å². The summed E-state index contributed by atoms with van der Waals surface area (Å²) in [5, 5.41) is 1.03. The van der Waals surface area contributed by atoms with E-state index in [1.165, 1.54) is 0 Å². The molecule has 0 N–H and O–H groups in total. The maximum Gasteiger partial charge on any atom is 0.265 e. The summed E-state index contributed by atoms with van der Waals surface area (Å²) < 4.78 is 27.3. The zero-order valence-corrected chi connectivity index (χ0v) is 7.95. The van der Waals surface area contributed by atoms with Crippen molar-refractivity contribution >= 4 is 16.5 Å². The summed E-state index contributed by atoms with van der Waals surface area (Å²) in [7, 11) is 0. The third kappa shape index (κ3) is 1.12. The molecule has 3 heteroatoms. The third-order valence-electron chi connectivity index (χ3n) is 2.84. The van der Waals surface area contributed by atoms with Gasteiger partial charge in [-0.2, -0.15) is 0 Å². The number of fused-ring (bicyclic) bond motifs is 3. The molecule has 1 nitrogen and oxygen atoms in total. The van der Waals surface area contributed by atoms with E-state index in [-0.39, 0.29) is 5.57 Å². The number of hydrogen-bond donors (Lipinski definition) is 0. The minimum atomic E-state index is -2.38. The van der Waals surface area contributed by atoms with Crippen LogP contribution >= 0.6 is 0 Å². The summed E-state index contributed by atoms with van der Waals surface area (Å²) in [6.45, 7) is 0.558. The molecule has 0 bridgehead atoms. The number of allylic oxidation sites excluding steroid dienone is 2. The molecule has 0 saturated heterocycles. The molecule has 0 radical (unpaired) electrons. The number of hydrogen-bond acceptors (Lipinski definition) is 0. The molecule has 15 heavy (non-hydrogen) atoms. The highest BCUT2D eigenvalue weighted by Crippen LogP contribution is 2.32. The Balaban J connectivity index is 2.26. The van der Waals surface area contributed by atoms with Gasteiger partial charge in [-0.25, -0.2) is 8.78 Å². The highest BCUT2D eigenvalue weighted by molar-refractivity contribution is 5.87. The van der Waals surface area contributed by atoms with Crippen LogP contribution in [0.3, 0.4) is 0 Å². The molecule has 0 fully saturated rings. The Morgan fingerprint density at radius 2 is 2.00 bits per heavy atom. The fraction of sp³-hybridized carbons (Fsp3) is 0.167. The molecule has 0 amide bonds. The smallest absolute Gasteiger partial charge is 0.265 e. The van der Waals surface area contributed by atoms with E-state index in [1.807, 2.05) is 34.9 Å². The first-order chi connectivity index (χ1) is 7.27. The number of rotatable bonds is 1. The number of aromatic nitrogens is 1. The third-order valence-corrected chi connectivity index (χ3v) is 2.84. The Kier molecular flexibility index (Phi) is 1.69. The largest absolute Gasteiger partial charge is 0.337 e. The standard InChI is InChI=1S/C12H9F2N/c13-12(14)9-5-6-15-10-4-2-1-3-8(10)7-11(9)15/h1-5,7,12H,6H2. The minimum Gasteiger partial charge on any atom is -0.337 e. The number of benzene rings is 1. The molecule has 0 spiro atoms. The van der Waals surface area contributed by atoms with Gasteiger partial charge in [0.15, 0.2) is 0 Å². The predicted molar refractivity (Wildman–Crippen MR) is 55.9 cm³/mol. The summed E-state index contributed by atoms with van der Waals surface area (Å²) in [4.78, 5) is 0. The zero-order chi connectivity index (χ0) is 10.4. The van der Waals surface area contributed by atoms with Crippen molar-refractivity contribution in [1.29, 1.82) is 0 Å². The van der Waals surface area contributed by atoms with E-state index in [9.17, 15) is 8.78 Å². The van der Waals surface area contributed by atoms with Gasteiger partial charge in [0.2, 0.25) is 0 Å². The SMILES string of the molecule is FC(F)C1=CCn2c1cc1ccccc12. The van der Waals surface area contributed by atoms with Crippen LogP contribution in [0.25, 0.3) is 16.5 Å². The van der Waals surface area contributed by atoms with E-state index in [0.29, 0.717) is 12.2 Å². The Morgan fingerprint density at radius 1 is 1.20 bits per heavy atom. The average Bonchev–Trinajstić information content (AvgIpc) is 2.74. The van der Waals surface area contributed by atoms with Crippen molar-refractivity contribution in [2.45, 2.75) is 13.0 Å². The molecule has 0 aliphatic carbocycles. The minimum absolute atomic E-state index is 0.159. The molecule has 1 aliphatic heterocycles. The first kappa shape index (κ1) is 8.65. The molecular formula is C12H9F2N. The maximum atomic E-state index is 12.7. The molecule has 2 aromatic rings. The van der Waals surface area contributed by atoms with E-state index in [0.717, 1.165) is 10.9 Å². The Hall–Kier alpha value is -1.64. The summed E-state index contributed by atoms with van der Waals surface area (Å²) >= 11 is 0. The Labute approximate surface area is 85.6 Å². The van der Waals surface area contributed by atoms with Crippen LogP contribution < -0.4 is 0 Å². The number of alkyl halides is 2. The van der Waals surface area contributed by atoms with Crippen LogP contribution in [0.4, 0.5) is 8.78 Å². The van der Waals surface area contributed by atoms with Crippen LogP contribution in [0.2, 0.25) is 0 Å². The normalized spacial score (nSPS) is 14.7. The van der Waals surface area contributed by atoms with Gasteiger partial charge in [0.25, 0.3) is 6.43 Å². The van der Waals surface area contributed by atoms with Gasteiger partial charge >= 0.3 is 0 Å². The summed E-state index contributed by atoms with van der Waals surface area (Å²) in [5.41, 5.74) is 1.84. The first-order valence-electron chi connectivity index (χ1n) is 4.84. The highest BCUT2D eigenvalue weighted by Gasteiger charge is 2.23. The van der Waals surface area contributed by atoms with E-state index < -0.39 is 6.43 Å². The molecule has 1 aromatic heterocycles. The highest BCUT2D eigenvalue weighted by atomic mass is 19.3. The fourth-order valence-electron chi connectivity index (χ4n) is 2.14. The molecule has 2 heterocycles. The topological polar surface area (TPSA) is 4.93 Å². The van der Waals surface area contributed by atoms with Crippen LogP contribution in [-0.4, -0.2) is 11.0 Å². The van der Waals surface area contributed by atoms with E-state index >= 15 is 0 Å². The van der Waals surface area contributed by atoms with Gasteiger partial charge in [-0.05, 0) is 12.1 Å². The van der Waals surface area contributed by atoms with E-state index in [1.54, 1.807) is 6.08 Å². The Morgan fingerprint density at radius 3 is 2.80 bits per heavy atom. The van der Waals surface area contributed by atoms with Gasteiger partial charge < -0.3 is 4.57 Å². The lowest BCUT2D eigenvalue weighted by atomic mass is 10.2. The number of halogens is 2. The van der Waals surface area contributed by atoms with Gasteiger partial charge in [-0.3, -0.25) is 0 Å². The number of para-hydroxylation sites is 1. The van der Waals surface area contributed by atoms with E-state index in [4.69, 9.17) is 0 Å². The second-order valence-electron chi connectivity index (χ2n) is 3.66. The lowest BCUT2D eigenvalue weighted by Gasteiger charge is -2.01. The molecule has 76 valence electrons. The quantitative estimate of drug-likeness (QED) is 0.673. The van der Waals surface area contributed by atoms with Crippen LogP contribution in [0.5, 0.6) is 0 Å². The number of nitrogens with zero attached hydrogens (tertiary/aromatic N) is 1. The second kappa shape index (κ2) is 2.92. The Bertz CT molecular complexity index is 552. The molecule has 3 rings (SSSR count). The van der Waals surface area contributed by atoms with Crippen molar-refractivity contribution < 1.29 is 8.78 Å². The van der Waals surface area contributed by atoms with Crippen molar-refractivity contribution in [3.63, 3.8) is 0 Å². The molecule has 0 atom stereocenters. The first-order valence-corrected chi connectivity index (χ1v) is 4.84. The fourth-order valence-corrected chi connectivity index (χ4v) is 2.14. The molecule has 1 aliphatic rings. The van der Waals surface area contributed by atoms with E-state index in [2.05, 4.69) is 0 Å². The summed E-state index contributed by atoms with van der Waals surface area (Å²) in [6.07, 6.45) is -0.775. The van der Waals surface area contributed by atoms with Crippen molar-refractivity contribution in [1.82, 2.24) is 4.57 Å². The lowest BCUT2D eigenvalue weighted by molar-refractivity contribution is 0.215. The van der Waals surface area contributed by atoms with Crippen LogP contribution in [0, 0.1) is 0 Å². The van der Waals surface area contributed by atoms with Crippen molar-refractivity contribution in [2.24, 2.45) is 0 Å². The van der Waals surface area contributed by atoms with Gasteiger partial charge in [0, 0.05) is 23.0 Å². The molecule has 1 aromatic carbocycles. The second-order valence-corrected chi connectivity index (χ2v) is 3.66.